The number of rotatable bonds is 10. The highest BCUT2D eigenvalue weighted by Crippen LogP contribution is 2.19. The maximum absolute atomic E-state index is 12.4. The topological polar surface area (TPSA) is 80.1 Å². The van der Waals surface area contributed by atoms with Crippen molar-refractivity contribution in [2.24, 2.45) is 0 Å². The van der Waals surface area contributed by atoms with E-state index in [0.29, 0.717) is 0 Å². The van der Waals surface area contributed by atoms with E-state index in [1.165, 1.54) is 16.7 Å². The molecule has 2 rings (SSSR count). The monoisotopic (exact) mass is 403 g/mol. The lowest BCUT2D eigenvalue weighted by Gasteiger charge is -2.18. The number of nitrogens with zero attached hydrogens (tertiary/aromatic N) is 4. The van der Waals surface area contributed by atoms with E-state index in [4.69, 9.17) is 0 Å². The summed E-state index contributed by atoms with van der Waals surface area (Å²) in [6.07, 6.45) is 5.07. The van der Waals surface area contributed by atoms with Gasteiger partial charge in [0.1, 0.15) is 6.33 Å². The van der Waals surface area contributed by atoms with Crippen LogP contribution >= 0.6 is 11.8 Å². The van der Waals surface area contributed by atoms with Crippen molar-refractivity contribution >= 4 is 29.3 Å². The van der Waals surface area contributed by atoms with E-state index in [2.05, 4.69) is 22.4 Å². The number of likely N-dealkylation sites (N-methyl/N-ethyl adjacent to an activating group) is 1. The molecule has 28 heavy (non-hydrogen) atoms. The molecule has 0 saturated carbocycles. The molecule has 7 nitrogen and oxygen atoms in total. The Balaban J connectivity index is 1.83. The first-order valence-electron chi connectivity index (χ1n) is 9.53. The first kappa shape index (κ1) is 21.9. The van der Waals surface area contributed by atoms with Crippen molar-refractivity contribution in [2.45, 2.75) is 51.7 Å². The second-order valence-corrected chi connectivity index (χ2v) is 7.81. The zero-order chi connectivity index (χ0) is 20.5. The maximum Gasteiger partial charge on any atom is 0.243 e. The molecule has 2 amide bonds. The number of aryl methyl sites for hydroxylation is 3. The lowest BCUT2D eigenvalue weighted by atomic mass is 10.1. The van der Waals surface area contributed by atoms with Crippen LogP contribution in [0.5, 0.6) is 0 Å². The molecule has 1 N–H and O–H groups in total. The smallest absolute Gasteiger partial charge is 0.243 e. The van der Waals surface area contributed by atoms with Gasteiger partial charge in [0.05, 0.1) is 12.3 Å². The van der Waals surface area contributed by atoms with Crippen molar-refractivity contribution in [1.82, 2.24) is 19.7 Å². The van der Waals surface area contributed by atoms with Crippen LogP contribution in [0.4, 0.5) is 5.69 Å². The Hall–Kier alpha value is -2.35. The van der Waals surface area contributed by atoms with E-state index in [0.717, 1.165) is 47.8 Å². The van der Waals surface area contributed by atoms with Crippen molar-refractivity contribution in [3.8, 4) is 0 Å². The number of hydrogen-bond acceptors (Lipinski definition) is 5. The van der Waals surface area contributed by atoms with Gasteiger partial charge in [0.25, 0.3) is 0 Å². The summed E-state index contributed by atoms with van der Waals surface area (Å²) in [5.41, 5.74) is 2.81. The van der Waals surface area contributed by atoms with Crippen LogP contribution in [0.1, 0.15) is 37.3 Å². The number of carbonyl (C=O) groups is 2. The number of anilines is 1. The summed E-state index contributed by atoms with van der Waals surface area (Å²) in [5.74, 6) is -0.106. The molecule has 0 bridgehead atoms. The first-order chi connectivity index (χ1) is 13.4. The number of nitrogens with one attached hydrogen (secondary N) is 1. The fourth-order valence-electron chi connectivity index (χ4n) is 2.77. The Morgan fingerprint density at radius 3 is 2.61 bits per heavy atom. The second kappa shape index (κ2) is 10.8. The summed E-state index contributed by atoms with van der Waals surface area (Å²) in [4.78, 5) is 26.2. The molecule has 8 heteroatoms. The van der Waals surface area contributed by atoms with Crippen LogP contribution in [0.2, 0.25) is 0 Å². The maximum atomic E-state index is 12.4. The van der Waals surface area contributed by atoms with Crippen molar-refractivity contribution in [1.29, 1.82) is 0 Å². The number of para-hydroxylation sites is 1. The van der Waals surface area contributed by atoms with Gasteiger partial charge in [-0.1, -0.05) is 49.7 Å². The van der Waals surface area contributed by atoms with Crippen LogP contribution in [0.15, 0.2) is 29.7 Å². The summed E-state index contributed by atoms with van der Waals surface area (Å²) in [6.45, 7) is 6.92. The standard InChI is InChI=1S/C20H29N5O2S/c1-5-6-7-11-25-14-21-23-20(25)28-13-18(27)24(4)12-17(26)22-19-15(2)9-8-10-16(19)3/h8-10,14H,5-7,11-13H2,1-4H3,(H,22,26). The highest BCUT2D eigenvalue weighted by Gasteiger charge is 2.16. The summed E-state index contributed by atoms with van der Waals surface area (Å²) in [5, 5.41) is 11.7. The minimum absolute atomic E-state index is 0.0103. The number of aromatic nitrogens is 3. The van der Waals surface area contributed by atoms with Gasteiger partial charge in [-0.3, -0.25) is 9.59 Å². The molecule has 0 aliphatic rings. The second-order valence-electron chi connectivity index (χ2n) is 6.87. The number of thioether (sulfide) groups is 1. The van der Waals surface area contributed by atoms with Gasteiger partial charge in [-0.15, -0.1) is 10.2 Å². The van der Waals surface area contributed by atoms with Gasteiger partial charge < -0.3 is 14.8 Å². The summed E-state index contributed by atoms with van der Waals surface area (Å²) in [7, 11) is 1.64. The summed E-state index contributed by atoms with van der Waals surface area (Å²) >= 11 is 1.35. The van der Waals surface area contributed by atoms with Gasteiger partial charge in [-0.2, -0.15) is 0 Å². The lowest BCUT2D eigenvalue weighted by molar-refractivity contribution is -0.131. The molecular weight excluding hydrogens is 374 g/mol. The Bertz CT molecular complexity index is 785. The van der Waals surface area contributed by atoms with Gasteiger partial charge in [0.15, 0.2) is 5.16 Å². The number of carbonyl (C=O) groups excluding carboxylic acids is 2. The van der Waals surface area contributed by atoms with Gasteiger partial charge in [-0.05, 0) is 31.4 Å². The van der Waals surface area contributed by atoms with Crippen LogP contribution in [-0.4, -0.2) is 50.8 Å². The predicted octanol–water partition coefficient (Wildman–Crippen LogP) is 3.27. The predicted molar refractivity (Wildman–Crippen MR) is 112 cm³/mol. The van der Waals surface area contributed by atoms with Crippen LogP contribution in [-0.2, 0) is 16.1 Å². The third kappa shape index (κ3) is 6.37. The fraction of sp³-hybridized carbons (Fsp3) is 0.500. The molecule has 0 unspecified atom stereocenters. The molecular formula is C20H29N5O2S. The van der Waals surface area contributed by atoms with E-state index in [-0.39, 0.29) is 24.1 Å². The zero-order valence-corrected chi connectivity index (χ0v) is 17.9. The molecule has 0 atom stereocenters. The number of amides is 2. The molecule has 1 heterocycles. The van der Waals surface area contributed by atoms with Crippen molar-refractivity contribution in [2.75, 3.05) is 24.7 Å². The molecule has 0 aliphatic heterocycles. The molecule has 1 aromatic carbocycles. The third-order valence-corrected chi connectivity index (χ3v) is 5.43. The number of hydrogen-bond donors (Lipinski definition) is 1. The minimum Gasteiger partial charge on any atom is -0.336 e. The van der Waals surface area contributed by atoms with Gasteiger partial charge in [-0.25, -0.2) is 0 Å². The lowest BCUT2D eigenvalue weighted by Crippen LogP contribution is -2.36. The number of benzene rings is 1. The largest absolute Gasteiger partial charge is 0.336 e. The molecule has 0 saturated heterocycles. The summed E-state index contributed by atoms with van der Waals surface area (Å²) < 4.78 is 1.97. The molecule has 152 valence electrons. The van der Waals surface area contributed by atoms with E-state index in [1.807, 2.05) is 36.6 Å². The highest BCUT2D eigenvalue weighted by atomic mass is 32.2. The average Bonchev–Trinajstić information content (AvgIpc) is 3.10. The SMILES string of the molecule is CCCCCn1cnnc1SCC(=O)N(C)CC(=O)Nc1c(C)cccc1C. The van der Waals surface area contributed by atoms with E-state index in [9.17, 15) is 9.59 Å². The van der Waals surface area contributed by atoms with Crippen LogP contribution in [0.25, 0.3) is 0 Å². The van der Waals surface area contributed by atoms with Crippen molar-refractivity contribution in [3.63, 3.8) is 0 Å². The van der Waals surface area contributed by atoms with Crippen LogP contribution in [0.3, 0.4) is 0 Å². The molecule has 0 aliphatic carbocycles. The Morgan fingerprint density at radius 1 is 1.21 bits per heavy atom. The van der Waals surface area contributed by atoms with E-state index in [1.54, 1.807) is 13.4 Å². The third-order valence-electron chi connectivity index (χ3n) is 4.46. The van der Waals surface area contributed by atoms with E-state index < -0.39 is 0 Å². The summed E-state index contributed by atoms with van der Waals surface area (Å²) in [6, 6.07) is 5.85. The normalized spacial score (nSPS) is 10.7. The van der Waals surface area contributed by atoms with E-state index >= 15 is 0 Å². The van der Waals surface area contributed by atoms with Crippen LogP contribution in [0, 0.1) is 13.8 Å². The van der Waals surface area contributed by atoms with Crippen molar-refractivity contribution in [3.05, 3.63) is 35.7 Å². The van der Waals surface area contributed by atoms with Gasteiger partial charge in [0, 0.05) is 19.3 Å². The minimum atomic E-state index is -0.207. The molecule has 2 aromatic rings. The highest BCUT2D eigenvalue weighted by molar-refractivity contribution is 7.99. The molecule has 0 radical (unpaired) electrons. The first-order valence-corrected chi connectivity index (χ1v) is 10.5. The Labute approximate surface area is 170 Å². The number of unbranched alkanes of at least 4 members (excludes halogenated alkanes) is 2. The fourth-order valence-corrected chi connectivity index (χ4v) is 3.65. The quantitative estimate of drug-likeness (QED) is 0.486. The Kier molecular flexibility index (Phi) is 8.50. The Morgan fingerprint density at radius 2 is 1.93 bits per heavy atom. The zero-order valence-electron chi connectivity index (χ0n) is 17.1. The van der Waals surface area contributed by atoms with Gasteiger partial charge in [0.2, 0.25) is 11.8 Å². The molecule has 0 spiro atoms. The molecule has 1 aromatic heterocycles. The van der Waals surface area contributed by atoms with Gasteiger partial charge >= 0.3 is 0 Å². The molecule has 0 fully saturated rings. The average molecular weight is 404 g/mol. The van der Waals surface area contributed by atoms with Crippen LogP contribution < -0.4 is 5.32 Å². The van der Waals surface area contributed by atoms with Crippen molar-refractivity contribution < 1.29 is 9.59 Å².